The van der Waals surface area contributed by atoms with E-state index in [1.165, 1.54) is 19.1 Å². The summed E-state index contributed by atoms with van der Waals surface area (Å²) in [5.74, 6) is 2.23. The number of hydrogen-bond acceptors (Lipinski definition) is 1. The predicted molar refractivity (Wildman–Crippen MR) is 56.7 cm³/mol. The highest BCUT2D eigenvalue weighted by atomic mass is 19.4. The van der Waals surface area contributed by atoms with E-state index in [9.17, 15) is 13.2 Å². The molecule has 0 saturated carbocycles. The average molecular weight is 227 g/mol. The third-order valence-corrected chi connectivity index (χ3v) is 2.13. The standard InChI is InChI=1S/C12H12F3N/c1-3-9(2)16-11(12(13,14)15)10-7-5-4-6-8-10/h1,4-9,11,16H,2H3. The van der Waals surface area contributed by atoms with Crippen LogP contribution in [-0.4, -0.2) is 12.2 Å². The summed E-state index contributed by atoms with van der Waals surface area (Å²) < 4.78 is 38.3. The second-order valence-corrected chi connectivity index (χ2v) is 3.44. The molecular weight excluding hydrogens is 215 g/mol. The van der Waals surface area contributed by atoms with Gasteiger partial charge in [0.05, 0.1) is 6.04 Å². The van der Waals surface area contributed by atoms with Crippen LogP contribution in [0.4, 0.5) is 13.2 Å². The molecular formula is C12H12F3N. The zero-order valence-corrected chi connectivity index (χ0v) is 8.75. The Morgan fingerprint density at radius 2 is 1.81 bits per heavy atom. The molecule has 1 rings (SSSR count). The topological polar surface area (TPSA) is 12.0 Å². The van der Waals surface area contributed by atoms with Crippen molar-refractivity contribution in [2.45, 2.75) is 25.2 Å². The molecule has 2 atom stereocenters. The predicted octanol–water partition coefficient (Wildman–Crippen LogP) is 2.90. The lowest BCUT2D eigenvalue weighted by Gasteiger charge is -2.23. The average Bonchev–Trinajstić information content (AvgIpc) is 2.25. The van der Waals surface area contributed by atoms with Gasteiger partial charge in [0.15, 0.2) is 0 Å². The lowest BCUT2D eigenvalue weighted by molar-refractivity contribution is -0.158. The van der Waals surface area contributed by atoms with Gasteiger partial charge in [-0.3, -0.25) is 5.32 Å². The van der Waals surface area contributed by atoms with Crippen LogP contribution in [0.1, 0.15) is 18.5 Å². The molecule has 0 aliphatic carbocycles. The molecule has 4 heteroatoms. The van der Waals surface area contributed by atoms with Gasteiger partial charge >= 0.3 is 6.18 Å². The summed E-state index contributed by atoms with van der Waals surface area (Å²) in [6.07, 6.45) is 0.707. The van der Waals surface area contributed by atoms with E-state index in [1.54, 1.807) is 18.2 Å². The van der Waals surface area contributed by atoms with Gasteiger partial charge in [-0.15, -0.1) is 6.42 Å². The Bertz CT molecular complexity index is 364. The summed E-state index contributed by atoms with van der Waals surface area (Å²) >= 11 is 0. The number of terminal acetylenes is 1. The van der Waals surface area contributed by atoms with Crippen LogP contribution in [0.5, 0.6) is 0 Å². The Hall–Kier alpha value is -1.47. The molecule has 1 N–H and O–H groups in total. The van der Waals surface area contributed by atoms with Gasteiger partial charge in [0, 0.05) is 0 Å². The summed E-state index contributed by atoms with van der Waals surface area (Å²) in [6, 6.07) is 5.29. The summed E-state index contributed by atoms with van der Waals surface area (Å²) in [6.45, 7) is 1.52. The fourth-order valence-electron chi connectivity index (χ4n) is 1.32. The number of hydrogen-bond donors (Lipinski definition) is 1. The molecule has 1 aromatic rings. The second-order valence-electron chi connectivity index (χ2n) is 3.44. The smallest absolute Gasteiger partial charge is 0.289 e. The van der Waals surface area contributed by atoms with Crippen molar-refractivity contribution in [2.75, 3.05) is 0 Å². The first kappa shape index (κ1) is 12.6. The lowest BCUT2D eigenvalue weighted by atomic mass is 10.1. The SMILES string of the molecule is C#CC(C)NC(c1ccccc1)C(F)(F)F. The molecule has 0 fully saturated rings. The van der Waals surface area contributed by atoms with E-state index in [-0.39, 0.29) is 5.56 Å². The number of nitrogens with one attached hydrogen (secondary N) is 1. The minimum absolute atomic E-state index is 0.164. The van der Waals surface area contributed by atoms with E-state index >= 15 is 0 Å². The normalized spacial score (nSPS) is 15.2. The van der Waals surface area contributed by atoms with E-state index in [1.807, 2.05) is 0 Å². The van der Waals surface area contributed by atoms with E-state index in [0.29, 0.717) is 0 Å². The molecule has 0 aromatic heterocycles. The highest BCUT2D eigenvalue weighted by molar-refractivity contribution is 5.21. The Labute approximate surface area is 92.7 Å². The van der Waals surface area contributed by atoms with Crippen LogP contribution >= 0.6 is 0 Å². The Morgan fingerprint density at radius 1 is 1.25 bits per heavy atom. The Kier molecular flexibility index (Phi) is 3.97. The Morgan fingerprint density at radius 3 is 2.25 bits per heavy atom. The van der Waals surface area contributed by atoms with E-state index < -0.39 is 18.3 Å². The molecule has 0 radical (unpaired) electrons. The maximum absolute atomic E-state index is 12.8. The lowest BCUT2D eigenvalue weighted by Crippen LogP contribution is -2.38. The first-order valence-corrected chi connectivity index (χ1v) is 4.79. The molecule has 0 spiro atoms. The molecule has 0 saturated heterocycles. The number of alkyl halides is 3. The van der Waals surface area contributed by atoms with Crippen LogP contribution in [-0.2, 0) is 0 Å². The van der Waals surface area contributed by atoms with Crippen molar-refractivity contribution in [2.24, 2.45) is 0 Å². The Balaban J connectivity index is 2.94. The van der Waals surface area contributed by atoms with Crippen molar-refractivity contribution in [1.29, 1.82) is 0 Å². The van der Waals surface area contributed by atoms with Crippen molar-refractivity contribution >= 4 is 0 Å². The molecule has 0 aliphatic heterocycles. The number of rotatable bonds is 3. The number of halogens is 3. The first-order valence-electron chi connectivity index (χ1n) is 4.79. The summed E-state index contributed by atoms with van der Waals surface area (Å²) in [5, 5.41) is 2.36. The van der Waals surface area contributed by atoms with Crippen molar-refractivity contribution < 1.29 is 13.2 Å². The first-order chi connectivity index (χ1) is 7.45. The fraction of sp³-hybridized carbons (Fsp3) is 0.333. The molecule has 0 bridgehead atoms. The van der Waals surface area contributed by atoms with Crippen LogP contribution in [0.2, 0.25) is 0 Å². The van der Waals surface area contributed by atoms with Crippen LogP contribution < -0.4 is 5.32 Å². The van der Waals surface area contributed by atoms with Gasteiger partial charge in [0.2, 0.25) is 0 Å². The quantitative estimate of drug-likeness (QED) is 0.783. The van der Waals surface area contributed by atoms with Crippen LogP contribution in [0.25, 0.3) is 0 Å². The molecule has 2 unspecified atom stereocenters. The molecule has 0 heterocycles. The maximum Gasteiger partial charge on any atom is 0.407 e. The largest absolute Gasteiger partial charge is 0.407 e. The molecule has 16 heavy (non-hydrogen) atoms. The molecule has 1 nitrogen and oxygen atoms in total. The summed E-state index contributed by atoms with van der Waals surface area (Å²) in [4.78, 5) is 0. The van der Waals surface area contributed by atoms with Gasteiger partial charge in [-0.05, 0) is 12.5 Å². The maximum atomic E-state index is 12.8. The second kappa shape index (κ2) is 5.04. The fourth-order valence-corrected chi connectivity index (χ4v) is 1.32. The molecule has 0 aliphatic rings. The van der Waals surface area contributed by atoms with Crippen LogP contribution in [0.15, 0.2) is 30.3 Å². The third kappa shape index (κ3) is 3.28. The third-order valence-electron chi connectivity index (χ3n) is 2.13. The van der Waals surface area contributed by atoms with Crippen LogP contribution in [0, 0.1) is 12.3 Å². The van der Waals surface area contributed by atoms with Crippen molar-refractivity contribution in [3.8, 4) is 12.3 Å². The van der Waals surface area contributed by atoms with Gasteiger partial charge < -0.3 is 0 Å². The highest BCUT2D eigenvalue weighted by Crippen LogP contribution is 2.32. The molecule has 1 aromatic carbocycles. The zero-order chi connectivity index (χ0) is 12.2. The van der Waals surface area contributed by atoms with Crippen molar-refractivity contribution in [3.05, 3.63) is 35.9 Å². The van der Waals surface area contributed by atoms with Crippen molar-refractivity contribution in [1.82, 2.24) is 5.32 Å². The van der Waals surface area contributed by atoms with Crippen molar-refractivity contribution in [3.63, 3.8) is 0 Å². The van der Waals surface area contributed by atoms with E-state index in [0.717, 1.165) is 0 Å². The van der Waals surface area contributed by atoms with Gasteiger partial charge in [-0.1, -0.05) is 36.3 Å². The van der Waals surface area contributed by atoms with Gasteiger partial charge in [-0.25, -0.2) is 0 Å². The van der Waals surface area contributed by atoms with Gasteiger partial charge in [0.25, 0.3) is 0 Å². The zero-order valence-electron chi connectivity index (χ0n) is 8.75. The monoisotopic (exact) mass is 227 g/mol. The van der Waals surface area contributed by atoms with E-state index in [4.69, 9.17) is 6.42 Å². The number of benzene rings is 1. The van der Waals surface area contributed by atoms with Gasteiger partial charge in [0.1, 0.15) is 6.04 Å². The minimum atomic E-state index is -4.35. The molecule has 0 amide bonds. The van der Waals surface area contributed by atoms with Gasteiger partial charge in [-0.2, -0.15) is 13.2 Å². The minimum Gasteiger partial charge on any atom is -0.289 e. The highest BCUT2D eigenvalue weighted by Gasteiger charge is 2.40. The van der Waals surface area contributed by atoms with Crippen LogP contribution in [0.3, 0.4) is 0 Å². The summed E-state index contributed by atoms with van der Waals surface area (Å²) in [5.41, 5.74) is 0.164. The molecule has 86 valence electrons. The van der Waals surface area contributed by atoms with E-state index in [2.05, 4.69) is 11.2 Å². The summed E-state index contributed by atoms with van der Waals surface area (Å²) in [7, 11) is 0.